The highest BCUT2D eigenvalue weighted by Gasteiger charge is 2.22. The molecule has 0 unspecified atom stereocenters. The number of anilines is 1. The quantitative estimate of drug-likeness (QED) is 0.453. The molecule has 0 atom stereocenters. The second-order valence-electron chi connectivity index (χ2n) is 6.51. The minimum atomic E-state index is -0.525. The summed E-state index contributed by atoms with van der Waals surface area (Å²) < 4.78 is 7.78. The molecule has 4 rings (SSSR count). The summed E-state index contributed by atoms with van der Waals surface area (Å²) in [6.45, 7) is 3.26. The Morgan fingerprint density at radius 2 is 2.31 bits per heavy atom. The van der Waals surface area contributed by atoms with Crippen LogP contribution in [0.15, 0.2) is 41.3 Å². The highest BCUT2D eigenvalue weighted by Crippen LogP contribution is 2.39. The van der Waals surface area contributed by atoms with Crippen LogP contribution in [0.2, 0.25) is 0 Å². The Labute approximate surface area is 170 Å². The van der Waals surface area contributed by atoms with Crippen molar-refractivity contribution < 1.29 is 9.21 Å². The van der Waals surface area contributed by atoms with Gasteiger partial charge in [-0.3, -0.25) is 4.79 Å². The van der Waals surface area contributed by atoms with E-state index in [-0.39, 0.29) is 0 Å². The predicted octanol–water partition coefficient (Wildman–Crippen LogP) is 3.53. The number of thiophene rings is 1. The number of nitrogens with zero attached hydrogens (tertiary/aromatic N) is 4. The fourth-order valence-corrected chi connectivity index (χ4v) is 4.02. The van der Waals surface area contributed by atoms with E-state index in [0.717, 1.165) is 18.7 Å². The molecule has 4 aromatic heterocycles. The van der Waals surface area contributed by atoms with Crippen molar-refractivity contribution in [1.82, 2.24) is 14.5 Å². The van der Waals surface area contributed by atoms with Gasteiger partial charge in [-0.2, -0.15) is 5.26 Å². The van der Waals surface area contributed by atoms with Gasteiger partial charge in [-0.1, -0.05) is 0 Å². The van der Waals surface area contributed by atoms with Gasteiger partial charge in [0.05, 0.1) is 11.2 Å². The Kier molecular flexibility index (Phi) is 5.01. The molecular formula is C20H18N6O2S. The van der Waals surface area contributed by atoms with Crippen molar-refractivity contribution in [3.05, 3.63) is 53.1 Å². The number of imidazole rings is 1. The predicted molar refractivity (Wildman–Crippen MR) is 111 cm³/mol. The summed E-state index contributed by atoms with van der Waals surface area (Å²) in [6.07, 6.45) is 6.23. The molecule has 9 heteroatoms. The summed E-state index contributed by atoms with van der Waals surface area (Å²) in [5, 5.41) is 13.8. The minimum Gasteiger partial charge on any atom is -0.461 e. The number of furan rings is 1. The Morgan fingerprint density at radius 1 is 1.45 bits per heavy atom. The average Bonchev–Trinajstić information content (AvgIpc) is 3.44. The molecule has 146 valence electrons. The van der Waals surface area contributed by atoms with Gasteiger partial charge in [-0.05, 0) is 31.5 Å². The third-order valence-electron chi connectivity index (χ3n) is 4.47. The summed E-state index contributed by atoms with van der Waals surface area (Å²) >= 11 is 1.20. The number of aromatic nitrogens is 3. The fraction of sp³-hybridized carbons (Fsp3) is 0.200. The molecule has 0 bridgehead atoms. The number of nitriles is 1. The summed E-state index contributed by atoms with van der Waals surface area (Å²) in [6, 6.07) is 7.57. The molecule has 4 heterocycles. The molecule has 0 spiro atoms. The van der Waals surface area contributed by atoms with Gasteiger partial charge in [-0.15, -0.1) is 11.3 Å². The van der Waals surface area contributed by atoms with Gasteiger partial charge in [-0.25, -0.2) is 9.97 Å². The number of hydrogen-bond acceptors (Lipinski definition) is 7. The first-order valence-corrected chi connectivity index (χ1v) is 9.82. The van der Waals surface area contributed by atoms with E-state index < -0.39 is 5.91 Å². The molecule has 4 aromatic rings. The molecule has 1 amide bonds. The van der Waals surface area contributed by atoms with Crippen LogP contribution in [0.3, 0.4) is 0 Å². The van der Waals surface area contributed by atoms with Crippen molar-refractivity contribution in [2.24, 2.45) is 5.73 Å². The van der Waals surface area contributed by atoms with Gasteiger partial charge in [0, 0.05) is 36.4 Å². The smallest absolute Gasteiger partial charge is 0.258 e. The number of primary amides is 1. The molecule has 0 aromatic carbocycles. The van der Waals surface area contributed by atoms with Crippen LogP contribution in [-0.4, -0.2) is 27.0 Å². The molecule has 0 saturated heterocycles. The van der Waals surface area contributed by atoms with Crippen LogP contribution in [0.5, 0.6) is 0 Å². The monoisotopic (exact) mass is 406 g/mol. The summed E-state index contributed by atoms with van der Waals surface area (Å²) in [5.74, 6) is 1.23. The standard InChI is InChI=1S/C20H18N6O2S/c1-12-3-4-15(28-12)17-13-9-16(18(22)27)29-20(13)25-19(14(17)10-21)24-5-2-7-26-8-6-23-11-26/h3-4,6,8-9,11H,2,5,7H2,1H3,(H2,22,27)(H,24,25). The second kappa shape index (κ2) is 7.77. The lowest BCUT2D eigenvalue weighted by molar-refractivity contribution is 0.100. The molecular weight excluding hydrogens is 388 g/mol. The first-order chi connectivity index (χ1) is 14.1. The number of aryl methyl sites for hydroxylation is 2. The van der Waals surface area contributed by atoms with E-state index >= 15 is 0 Å². The zero-order chi connectivity index (χ0) is 20.4. The largest absolute Gasteiger partial charge is 0.461 e. The highest BCUT2D eigenvalue weighted by atomic mass is 32.1. The normalized spacial score (nSPS) is 10.9. The number of hydrogen-bond donors (Lipinski definition) is 2. The number of pyridine rings is 1. The second-order valence-corrected chi connectivity index (χ2v) is 7.54. The number of carbonyl (C=O) groups is 1. The van der Waals surface area contributed by atoms with Gasteiger partial charge in [0.1, 0.15) is 33.8 Å². The lowest BCUT2D eigenvalue weighted by atomic mass is 10.0. The number of carbonyl (C=O) groups excluding carboxylic acids is 1. The summed E-state index contributed by atoms with van der Waals surface area (Å²) in [7, 11) is 0. The maximum atomic E-state index is 11.7. The van der Waals surface area contributed by atoms with E-state index in [1.807, 2.05) is 29.8 Å². The van der Waals surface area contributed by atoms with Gasteiger partial charge in [0.15, 0.2) is 0 Å². The van der Waals surface area contributed by atoms with E-state index in [9.17, 15) is 10.1 Å². The van der Waals surface area contributed by atoms with Crippen molar-refractivity contribution in [2.75, 3.05) is 11.9 Å². The molecule has 0 radical (unpaired) electrons. The zero-order valence-electron chi connectivity index (χ0n) is 15.7. The third kappa shape index (κ3) is 3.70. The Bertz CT molecular complexity index is 1220. The van der Waals surface area contributed by atoms with Crippen molar-refractivity contribution in [3.8, 4) is 17.4 Å². The van der Waals surface area contributed by atoms with Crippen LogP contribution in [0.25, 0.3) is 21.5 Å². The van der Waals surface area contributed by atoms with Crippen LogP contribution in [0.1, 0.15) is 27.4 Å². The van der Waals surface area contributed by atoms with Gasteiger partial charge >= 0.3 is 0 Å². The lowest BCUT2D eigenvalue weighted by Gasteiger charge is -2.11. The van der Waals surface area contributed by atoms with Crippen molar-refractivity contribution in [2.45, 2.75) is 19.9 Å². The van der Waals surface area contributed by atoms with Crippen molar-refractivity contribution >= 4 is 33.3 Å². The zero-order valence-corrected chi connectivity index (χ0v) is 16.5. The summed E-state index contributed by atoms with van der Waals surface area (Å²) in [5.41, 5.74) is 6.45. The van der Waals surface area contributed by atoms with E-state index in [1.165, 1.54) is 11.3 Å². The van der Waals surface area contributed by atoms with Gasteiger partial charge < -0.3 is 20.0 Å². The molecule has 0 aliphatic heterocycles. The van der Waals surface area contributed by atoms with E-state index in [0.29, 0.717) is 44.3 Å². The van der Waals surface area contributed by atoms with Crippen molar-refractivity contribution in [1.29, 1.82) is 5.26 Å². The Hall–Kier alpha value is -3.64. The Morgan fingerprint density at radius 3 is 2.97 bits per heavy atom. The number of amides is 1. The summed E-state index contributed by atoms with van der Waals surface area (Å²) in [4.78, 5) is 21.3. The van der Waals surface area contributed by atoms with Crippen LogP contribution in [-0.2, 0) is 6.54 Å². The number of rotatable bonds is 7. The molecule has 0 fully saturated rings. The minimum absolute atomic E-state index is 0.378. The highest BCUT2D eigenvalue weighted by molar-refractivity contribution is 7.20. The molecule has 0 aliphatic rings. The molecule has 8 nitrogen and oxygen atoms in total. The fourth-order valence-electron chi connectivity index (χ4n) is 3.12. The van der Waals surface area contributed by atoms with Gasteiger partial charge in [0.25, 0.3) is 5.91 Å². The van der Waals surface area contributed by atoms with E-state index in [4.69, 9.17) is 10.2 Å². The Balaban J connectivity index is 1.73. The SMILES string of the molecule is Cc1ccc(-c2c(C#N)c(NCCCn3ccnc3)nc3sc(C(N)=O)cc23)o1. The average molecular weight is 406 g/mol. The van der Waals surface area contributed by atoms with Crippen LogP contribution < -0.4 is 11.1 Å². The third-order valence-corrected chi connectivity index (χ3v) is 5.51. The van der Waals surface area contributed by atoms with Crippen LogP contribution >= 0.6 is 11.3 Å². The number of fused-ring (bicyclic) bond motifs is 1. The number of nitrogens with two attached hydrogens (primary N) is 1. The van der Waals surface area contributed by atoms with Crippen LogP contribution in [0.4, 0.5) is 5.82 Å². The van der Waals surface area contributed by atoms with Crippen LogP contribution in [0, 0.1) is 18.3 Å². The molecule has 29 heavy (non-hydrogen) atoms. The van der Waals surface area contributed by atoms with E-state index in [2.05, 4.69) is 21.4 Å². The van der Waals surface area contributed by atoms with Gasteiger partial charge in [0.2, 0.25) is 0 Å². The molecule has 0 aliphatic carbocycles. The van der Waals surface area contributed by atoms with E-state index in [1.54, 1.807) is 18.6 Å². The first kappa shape index (κ1) is 18.7. The molecule has 3 N–H and O–H groups in total. The maximum absolute atomic E-state index is 11.7. The lowest BCUT2D eigenvalue weighted by Crippen LogP contribution is -2.09. The first-order valence-electron chi connectivity index (χ1n) is 9.00. The topological polar surface area (TPSA) is 123 Å². The maximum Gasteiger partial charge on any atom is 0.258 e. The molecule has 0 saturated carbocycles. The number of nitrogens with one attached hydrogen (secondary N) is 1. The van der Waals surface area contributed by atoms with Crippen molar-refractivity contribution in [3.63, 3.8) is 0 Å².